The summed E-state index contributed by atoms with van der Waals surface area (Å²) in [4.78, 5) is 15.5. The topological polar surface area (TPSA) is 65.4 Å². The van der Waals surface area contributed by atoms with Crippen molar-refractivity contribution in [3.8, 4) is 11.8 Å². The Kier molecular flexibility index (Phi) is 5.05. The molecular formula is C17H16ClN3O2S. The van der Waals surface area contributed by atoms with Crippen LogP contribution in [0.1, 0.15) is 16.0 Å². The van der Waals surface area contributed by atoms with E-state index in [0.29, 0.717) is 21.3 Å². The number of nitrogens with zero attached hydrogens (tertiary/aromatic N) is 2. The Balaban J connectivity index is 1.66. The molecule has 124 valence electrons. The lowest BCUT2D eigenvalue weighted by Gasteiger charge is -2.21. The summed E-state index contributed by atoms with van der Waals surface area (Å²) in [6.45, 7) is 1.62. The van der Waals surface area contributed by atoms with Crippen LogP contribution in [0, 0.1) is 11.3 Å². The molecule has 7 heteroatoms. The van der Waals surface area contributed by atoms with Crippen molar-refractivity contribution >= 4 is 33.8 Å². The molecule has 1 aliphatic rings. The number of likely N-dealkylation sites (N-methyl/N-ethyl adjacent to an activating group) is 1. The van der Waals surface area contributed by atoms with Gasteiger partial charge in [0.15, 0.2) is 6.61 Å². The van der Waals surface area contributed by atoms with E-state index in [1.54, 1.807) is 24.3 Å². The number of fused-ring (bicyclic) bond motifs is 1. The molecule has 1 amide bonds. The molecule has 3 rings (SSSR count). The van der Waals surface area contributed by atoms with Crippen LogP contribution in [-0.2, 0) is 17.8 Å². The highest BCUT2D eigenvalue weighted by Gasteiger charge is 2.23. The van der Waals surface area contributed by atoms with Crippen LogP contribution >= 0.6 is 22.9 Å². The lowest BCUT2D eigenvalue weighted by atomic mass is 10.0. The van der Waals surface area contributed by atoms with Crippen LogP contribution in [0.4, 0.5) is 5.00 Å². The van der Waals surface area contributed by atoms with Crippen LogP contribution in [0.3, 0.4) is 0 Å². The molecule has 1 aromatic carbocycles. The number of anilines is 1. The van der Waals surface area contributed by atoms with Gasteiger partial charge in [0.05, 0.1) is 5.56 Å². The number of ether oxygens (including phenoxy) is 1. The standard InChI is InChI=1S/C17H16ClN3O2S/c1-21-7-6-13-14(8-19)17(24-15(13)9-21)20-16(22)10-23-12-4-2-11(18)3-5-12/h2-5H,6-7,9-10H2,1H3,(H,20,22). The van der Waals surface area contributed by atoms with Gasteiger partial charge >= 0.3 is 0 Å². The molecule has 0 aliphatic carbocycles. The number of carbonyl (C=O) groups excluding carboxylic acids is 1. The Morgan fingerprint density at radius 1 is 1.46 bits per heavy atom. The van der Waals surface area contributed by atoms with Gasteiger partial charge in [0.1, 0.15) is 16.8 Å². The third kappa shape index (κ3) is 3.70. The fourth-order valence-corrected chi connectivity index (χ4v) is 4.00. The van der Waals surface area contributed by atoms with E-state index in [2.05, 4.69) is 16.3 Å². The van der Waals surface area contributed by atoms with Crippen LogP contribution < -0.4 is 10.1 Å². The second-order valence-electron chi connectivity index (χ2n) is 5.60. The summed E-state index contributed by atoms with van der Waals surface area (Å²) < 4.78 is 5.43. The van der Waals surface area contributed by atoms with Gasteiger partial charge in [-0.1, -0.05) is 11.6 Å². The monoisotopic (exact) mass is 361 g/mol. The number of hydrogen-bond acceptors (Lipinski definition) is 5. The zero-order valence-corrected chi connectivity index (χ0v) is 14.7. The van der Waals surface area contributed by atoms with Crippen molar-refractivity contribution in [2.24, 2.45) is 0 Å². The summed E-state index contributed by atoms with van der Waals surface area (Å²) >= 11 is 7.28. The number of thiophene rings is 1. The van der Waals surface area contributed by atoms with E-state index in [1.807, 2.05) is 7.05 Å². The first kappa shape index (κ1) is 16.8. The van der Waals surface area contributed by atoms with E-state index in [4.69, 9.17) is 16.3 Å². The van der Waals surface area contributed by atoms with Crippen molar-refractivity contribution in [2.75, 3.05) is 25.5 Å². The van der Waals surface area contributed by atoms with Crippen LogP contribution in [0.5, 0.6) is 5.75 Å². The number of hydrogen-bond donors (Lipinski definition) is 1. The van der Waals surface area contributed by atoms with Crippen molar-refractivity contribution in [2.45, 2.75) is 13.0 Å². The number of nitrogens with one attached hydrogen (secondary N) is 1. The maximum Gasteiger partial charge on any atom is 0.262 e. The van der Waals surface area contributed by atoms with E-state index in [-0.39, 0.29) is 12.5 Å². The molecule has 0 saturated carbocycles. The molecule has 24 heavy (non-hydrogen) atoms. The predicted octanol–water partition coefficient (Wildman–Crippen LogP) is 3.28. The van der Waals surface area contributed by atoms with Gasteiger partial charge in [-0.15, -0.1) is 11.3 Å². The van der Waals surface area contributed by atoms with Crippen molar-refractivity contribution in [1.29, 1.82) is 5.26 Å². The van der Waals surface area contributed by atoms with E-state index in [1.165, 1.54) is 11.3 Å². The summed E-state index contributed by atoms with van der Waals surface area (Å²) in [5, 5.41) is 13.5. The van der Waals surface area contributed by atoms with Crippen molar-refractivity contribution in [1.82, 2.24) is 4.90 Å². The van der Waals surface area contributed by atoms with E-state index in [9.17, 15) is 10.1 Å². The lowest BCUT2D eigenvalue weighted by Crippen LogP contribution is -2.25. The van der Waals surface area contributed by atoms with Crippen molar-refractivity contribution in [3.63, 3.8) is 0 Å². The Labute approximate surface area is 149 Å². The van der Waals surface area contributed by atoms with Gasteiger partial charge in [-0.2, -0.15) is 5.26 Å². The minimum Gasteiger partial charge on any atom is -0.484 e. The molecule has 0 saturated heterocycles. The molecule has 1 N–H and O–H groups in total. The lowest BCUT2D eigenvalue weighted by molar-refractivity contribution is -0.118. The minimum absolute atomic E-state index is 0.116. The second-order valence-corrected chi connectivity index (χ2v) is 7.14. The summed E-state index contributed by atoms with van der Waals surface area (Å²) in [5.74, 6) is 0.288. The number of halogens is 1. The highest BCUT2D eigenvalue weighted by molar-refractivity contribution is 7.16. The fourth-order valence-electron chi connectivity index (χ4n) is 2.58. The summed E-state index contributed by atoms with van der Waals surface area (Å²) in [5.41, 5.74) is 1.65. The Morgan fingerprint density at radius 2 is 2.21 bits per heavy atom. The van der Waals surface area contributed by atoms with Gasteiger partial charge in [-0.05, 0) is 43.3 Å². The average Bonchev–Trinajstić information content (AvgIpc) is 2.90. The molecule has 0 spiro atoms. The average molecular weight is 362 g/mol. The normalized spacial score (nSPS) is 13.9. The molecule has 5 nitrogen and oxygen atoms in total. The Morgan fingerprint density at radius 3 is 2.92 bits per heavy atom. The second kappa shape index (κ2) is 7.22. The van der Waals surface area contributed by atoms with Crippen LogP contribution in [0.2, 0.25) is 5.02 Å². The summed E-state index contributed by atoms with van der Waals surface area (Å²) in [6, 6.07) is 9.04. The first-order valence-corrected chi connectivity index (χ1v) is 8.67. The van der Waals surface area contributed by atoms with Gasteiger partial charge in [0.25, 0.3) is 5.91 Å². The van der Waals surface area contributed by atoms with Crippen LogP contribution in [0.15, 0.2) is 24.3 Å². The maximum absolute atomic E-state index is 12.1. The SMILES string of the molecule is CN1CCc2c(sc(NC(=O)COc3ccc(Cl)cc3)c2C#N)C1. The largest absolute Gasteiger partial charge is 0.484 e. The fraction of sp³-hybridized carbons (Fsp3) is 0.294. The number of amides is 1. The smallest absolute Gasteiger partial charge is 0.262 e. The first-order valence-electron chi connectivity index (χ1n) is 7.48. The molecular weight excluding hydrogens is 346 g/mol. The third-order valence-electron chi connectivity index (χ3n) is 3.80. The van der Waals surface area contributed by atoms with Crippen LogP contribution in [-0.4, -0.2) is 31.0 Å². The molecule has 0 bridgehead atoms. The van der Waals surface area contributed by atoms with E-state index in [0.717, 1.165) is 30.0 Å². The number of rotatable bonds is 4. The molecule has 1 aromatic heterocycles. The van der Waals surface area contributed by atoms with Gasteiger partial charge in [0, 0.05) is 23.0 Å². The van der Waals surface area contributed by atoms with Crippen molar-refractivity contribution in [3.05, 3.63) is 45.3 Å². The number of carbonyl (C=O) groups is 1. The van der Waals surface area contributed by atoms with Crippen molar-refractivity contribution < 1.29 is 9.53 Å². The first-order chi connectivity index (χ1) is 11.6. The Bertz CT molecular complexity index is 795. The van der Waals surface area contributed by atoms with E-state index < -0.39 is 0 Å². The number of benzene rings is 1. The predicted molar refractivity (Wildman–Crippen MR) is 94.6 cm³/mol. The minimum atomic E-state index is -0.284. The molecule has 0 atom stereocenters. The van der Waals surface area contributed by atoms with Gasteiger partial charge in [-0.3, -0.25) is 4.79 Å². The van der Waals surface area contributed by atoms with Gasteiger partial charge in [0.2, 0.25) is 0 Å². The highest BCUT2D eigenvalue weighted by Crippen LogP contribution is 2.36. The van der Waals surface area contributed by atoms with Gasteiger partial charge < -0.3 is 15.0 Å². The zero-order valence-electron chi connectivity index (χ0n) is 13.1. The quantitative estimate of drug-likeness (QED) is 0.907. The molecule has 1 aliphatic heterocycles. The number of nitriles is 1. The maximum atomic E-state index is 12.1. The van der Waals surface area contributed by atoms with Gasteiger partial charge in [-0.25, -0.2) is 0 Å². The molecule has 2 heterocycles. The summed E-state index contributed by atoms with van der Waals surface area (Å²) in [7, 11) is 2.05. The Hall–Kier alpha value is -2.07. The van der Waals surface area contributed by atoms with Crippen LogP contribution in [0.25, 0.3) is 0 Å². The zero-order chi connectivity index (χ0) is 17.1. The molecule has 0 unspecified atom stereocenters. The summed E-state index contributed by atoms with van der Waals surface area (Å²) in [6.07, 6.45) is 0.836. The molecule has 0 radical (unpaired) electrons. The molecule has 0 fully saturated rings. The third-order valence-corrected chi connectivity index (χ3v) is 5.18. The van der Waals surface area contributed by atoms with E-state index >= 15 is 0 Å². The highest BCUT2D eigenvalue weighted by atomic mass is 35.5. The molecule has 2 aromatic rings.